The van der Waals surface area contributed by atoms with E-state index in [0.717, 1.165) is 5.52 Å². The first kappa shape index (κ1) is 24.5. The normalized spacial score (nSPS) is 15.7. The number of nitrogens with zero attached hydrogens (tertiary/aromatic N) is 4. The van der Waals surface area contributed by atoms with Crippen LogP contribution in [-0.4, -0.2) is 47.4 Å². The summed E-state index contributed by atoms with van der Waals surface area (Å²) in [5.41, 5.74) is 8.83. The Balaban J connectivity index is 1.97. The summed E-state index contributed by atoms with van der Waals surface area (Å²) in [6, 6.07) is 16.2. The van der Waals surface area contributed by atoms with Gasteiger partial charge in [0.1, 0.15) is 11.5 Å². The van der Waals surface area contributed by atoms with Crippen molar-refractivity contribution >= 4 is 28.7 Å². The monoisotopic (exact) mass is 487 g/mol. The minimum Gasteiger partial charge on any atom is -0.466 e. The van der Waals surface area contributed by atoms with Crippen molar-refractivity contribution in [3.63, 3.8) is 0 Å². The summed E-state index contributed by atoms with van der Waals surface area (Å²) < 4.78 is 12.0. The van der Waals surface area contributed by atoms with Crippen LogP contribution < -0.4 is 10.6 Å². The molecule has 0 saturated heterocycles. The maximum absolute atomic E-state index is 13.2. The molecule has 184 valence electrons. The summed E-state index contributed by atoms with van der Waals surface area (Å²) in [5.74, 6) is -2.55. The number of benzene rings is 2. The molecule has 0 spiro atoms. The fourth-order valence-corrected chi connectivity index (χ4v) is 4.39. The van der Waals surface area contributed by atoms with Crippen molar-refractivity contribution in [2.45, 2.75) is 18.9 Å². The summed E-state index contributed by atoms with van der Waals surface area (Å²) in [6.45, 7) is 0.630. The molecule has 0 fully saturated rings. The van der Waals surface area contributed by atoms with Crippen molar-refractivity contribution < 1.29 is 24.2 Å². The number of esters is 2. The molecule has 0 radical (unpaired) electrons. The third-order valence-electron chi connectivity index (χ3n) is 6.03. The van der Waals surface area contributed by atoms with E-state index >= 15 is 0 Å². The molecule has 1 aliphatic rings. The predicted molar refractivity (Wildman–Crippen MR) is 131 cm³/mol. The Morgan fingerprint density at radius 2 is 1.86 bits per heavy atom. The fourth-order valence-electron chi connectivity index (χ4n) is 4.39. The Labute approximate surface area is 207 Å². The molecule has 1 aromatic heterocycles. The first-order valence-corrected chi connectivity index (χ1v) is 11.2. The second-order valence-electron chi connectivity index (χ2n) is 8.02. The molecule has 0 bridgehead atoms. The molecular formula is C26H25N5O5. The number of carbonyl (C=O) groups excluding carboxylic acids is 2. The number of ether oxygens (including phenoxy) is 2. The van der Waals surface area contributed by atoms with Gasteiger partial charge in [-0.25, -0.2) is 14.6 Å². The highest BCUT2D eigenvalue weighted by molar-refractivity contribution is 6.06. The molecular weight excluding hydrogens is 462 g/mol. The van der Waals surface area contributed by atoms with Gasteiger partial charge in [0.2, 0.25) is 0 Å². The molecule has 0 aliphatic carbocycles. The molecule has 4 rings (SSSR count). The van der Waals surface area contributed by atoms with Gasteiger partial charge in [-0.2, -0.15) is 5.26 Å². The number of carbonyl (C=O) groups is 2. The van der Waals surface area contributed by atoms with Gasteiger partial charge in [0.15, 0.2) is 0 Å². The number of anilines is 1. The topological polar surface area (TPSA) is 144 Å². The molecule has 2 heterocycles. The van der Waals surface area contributed by atoms with Gasteiger partial charge in [0.05, 0.1) is 60.4 Å². The van der Waals surface area contributed by atoms with Crippen molar-refractivity contribution in [3.05, 3.63) is 83.1 Å². The standard InChI is InChI=1S/C26H25N5O5/c1-35-25(33)22-21(16-7-4-3-5-8-16)18(14-27)24(28)31(23(22)26(34)36-2)17-9-10-20-19(13-17)29-15-30(20)11-6-12-32/h3-5,7-10,13,15,21,32H,6,11-12,28H2,1-2H3. The maximum Gasteiger partial charge on any atom is 0.355 e. The number of imidazole rings is 1. The van der Waals surface area contributed by atoms with Crippen molar-refractivity contribution in [3.8, 4) is 6.07 Å². The van der Waals surface area contributed by atoms with E-state index in [-0.39, 0.29) is 29.3 Å². The minimum atomic E-state index is -0.935. The van der Waals surface area contributed by atoms with E-state index in [1.807, 2.05) is 4.57 Å². The van der Waals surface area contributed by atoms with Gasteiger partial charge in [0.25, 0.3) is 0 Å². The number of methoxy groups -OCH3 is 2. The van der Waals surface area contributed by atoms with Crippen LogP contribution in [0.3, 0.4) is 0 Å². The minimum absolute atomic E-state index is 0.0153. The first-order valence-electron chi connectivity index (χ1n) is 11.2. The largest absolute Gasteiger partial charge is 0.466 e. The Kier molecular flexibility index (Phi) is 7.03. The number of aryl methyl sites for hydroxylation is 1. The van der Waals surface area contributed by atoms with Gasteiger partial charge >= 0.3 is 11.9 Å². The summed E-state index contributed by atoms with van der Waals surface area (Å²) in [5, 5.41) is 19.3. The van der Waals surface area contributed by atoms with Gasteiger partial charge < -0.3 is 24.9 Å². The number of hydrogen-bond donors (Lipinski definition) is 2. The molecule has 0 amide bonds. The van der Waals surface area contributed by atoms with Crippen LogP contribution in [0.5, 0.6) is 0 Å². The third kappa shape index (κ3) is 4.16. The second-order valence-corrected chi connectivity index (χ2v) is 8.02. The Morgan fingerprint density at radius 1 is 1.14 bits per heavy atom. The highest BCUT2D eigenvalue weighted by Gasteiger charge is 2.43. The number of allylic oxidation sites excluding steroid dienone is 1. The van der Waals surface area contributed by atoms with E-state index in [4.69, 9.17) is 20.3 Å². The number of nitrogens with two attached hydrogens (primary N) is 1. The van der Waals surface area contributed by atoms with E-state index in [1.54, 1.807) is 54.9 Å². The van der Waals surface area contributed by atoms with Gasteiger partial charge in [0, 0.05) is 13.2 Å². The third-order valence-corrected chi connectivity index (χ3v) is 6.03. The molecule has 3 N–H and O–H groups in total. The zero-order chi connectivity index (χ0) is 25.8. The van der Waals surface area contributed by atoms with E-state index in [0.29, 0.717) is 29.7 Å². The smallest absolute Gasteiger partial charge is 0.355 e. The molecule has 10 nitrogen and oxygen atoms in total. The van der Waals surface area contributed by atoms with Crippen LogP contribution >= 0.6 is 0 Å². The maximum atomic E-state index is 13.2. The van der Waals surface area contributed by atoms with Crippen LogP contribution in [0.1, 0.15) is 17.9 Å². The zero-order valence-electron chi connectivity index (χ0n) is 19.8. The molecule has 10 heteroatoms. The molecule has 1 unspecified atom stereocenters. The lowest BCUT2D eigenvalue weighted by Gasteiger charge is -2.35. The number of rotatable bonds is 7. The van der Waals surface area contributed by atoms with E-state index < -0.39 is 17.9 Å². The SMILES string of the molecule is COC(=O)C1=C(C(=O)OC)N(c2ccc3c(c2)ncn3CCCO)C(N)=C(C#N)C1c1ccccc1. The summed E-state index contributed by atoms with van der Waals surface area (Å²) >= 11 is 0. The lowest BCUT2D eigenvalue weighted by Crippen LogP contribution is -2.40. The van der Waals surface area contributed by atoms with Crippen LogP contribution in [0.2, 0.25) is 0 Å². The van der Waals surface area contributed by atoms with E-state index in [9.17, 15) is 14.9 Å². The molecule has 2 aromatic carbocycles. The van der Waals surface area contributed by atoms with E-state index in [1.165, 1.54) is 19.1 Å². The predicted octanol–water partition coefficient (Wildman–Crippen LogP) is 2.32. The summed E-state index contributed by atoms with van der Waals surface area (Å²) in [4.78, 5) is 32.0. The van der Waals surface area contributed by atoms with Crippen molar-refractivity contribution in [1.29, 1.82) is 5.26 Å². The molecule has 1 aliphatic heterocycles. The van der Waals surface area contributed by atoms with Crippen molar-refractivity contribution in [2.75, 3.05) is 25.7 Å². The number of aromatic nitrogens is 2. The van der Waals surface area contributed by atoms with Crippen molar-refractivity contribution in [2.24, 2.45) is 5.73 Å². The van der Waals surface area contributed by atoms with Gasteiger partial charge in [-0.15, -0.1) is 0 Å². The fraction of sp³-hybridized carbons (Fsp3) is 0.231. The van der Waals surface area contributed by atoms with Crippen LogP contribution in [0, 0.1) is 11.3 Å². The van der Waals surface area contributed by atoms with Crippen LogP contribution in [0.15, 0.2) is 77.5 Å². The van der Waals surface area contributed by atoms with Crippen molar-refractivity contribution in [1.82, 2.24) is 9.55 Å². The van der Waals surface area contributed by atoms with Gasteiger partial charge in [-0.05, 0) is 30.2 Å². The molecule has 0 saturated carbocycles. The number of aliphatic hydroxyl groups is 1. The molecule has 3 aromatic rings. The number of hydrogen-bond acceptors (Lipinski definition) is 9. The Hall–Kier alpha value is -4.62. The average Bonchev–Trinajstić information content (AvgIpc) is 3.32. The van der Waals surface area contributed by atoms with Crippen LogP contribution in [0.4, 0.5) is 5.69 Å². The van der Waals surface area contributed by atoms with Crippen LogP contribution in [-0.2, 0) is 25.6 Å². The Morgan fingerprint density at radius 3 is 2.50 bits per heavy atom. The number of nitriles is 1. The van der Waals surface area contributed by atoms with Gasteiger partial charge in [-0.3, -0.25) is 4.90 Å². The lowest BCUT2D eigenvalue weighted by molar-refractivity contribution is -0.139. The highest BCUT2D eigenvalue weighted by atomic mass is 16.5. The average molecular weight is 488 g/mol. The van der Waals surface area contributed by atoms with E-state index in [2.05, 4.69) is 11.1 Å². The first-order chi connectivity index (χ1) is 17.5. The molecule has 36 heavy (non-hydrogen) atoms. The Bertz CT molecular complexity index is 1420. The molecule has 1 atom stereocenters. The summed E-state index contributed by atoms with van der Waals surface area (Å²) in [7, 11) is 2.40. The van der Waals surface area contributed by atoms with Crippen LogP contribution in [0.25, 0.3) is 11.0 Å². The number of fused-ring (bicyclic) bond motifs is 1. The quantitative estimate of drug-likeness (QED) is 0.480. The second kappa shape index (κ2) is 10.3. The highest BCUT2D eigenvalue weighted by Crippen LogP contribution is 2.43. The zero-order valence-corrected chi connectivity index (χ0v) is 19.8. The van der Waals surface area contributed by atoms with Gasteiger partial charge in [-0.1, -0.05) is 30.3 Å². The summed E-state index contributed by atoms with van der Waals surface area (Å²) in [6.07, 6.45) is 2.22. The number of aliphatic hydroxyl groups excluding tert-OH is 1. The lowest BCUT2D eigenvalue weighted by atomic mass is 9.81.